The first-order chi connectivity index (χ1) is 10.9. The van der Waals surface area contributed by atoms with Gasteiger partial charge >= 0.3 is 0 Å². The smallest absolute Gasteiger partial charge is 0.253 e. The molecule has 0 saturated carbocycles. The molecule has 0 aromatic heterocycles. The maximum absolute atomic E-state index is 13.2. The highest BCUT2D eigenvalue weighted by molar-refractivity contribution is 5.94. The van der Waals surface area contributed by atoms with Crippen LogP contribution in [0.1, 0.15) is 22.0 Å². The number of rotatable bonds is 5. The summed E-state index contributed by atoms with van der Waals surface area (Å²) >= 11 is 0. The molecule has 23 heavy (non-hydrogen) atoms. The number of halogens is 2. The van der Waals surface area contributed by atoms with Gasteiger partial charge < -0.3 is 14.7 Å². The highest BCUT2D eigenvalue weighted by Crippen LogP contribution is 2.20. The van der Waals surface area contributed by atoms with Crippen LogP contribution in [0.4, 0.5) is 8.78 Å². The quantitative estimate of drug-likeness (QED) is 0.921. The molecule has 0 aliphatic heterocycles. The Hall–Kier alpha value is -2.47. The van der Waals surface area contributed by atoms with Gasteiger partial charge in [0.05, 0.1) is 19.8 Å². The third-order valence-corrected chi connectivity index (χ3v) is 3.44. The van der Waals surface area contributed by atoms with E-state index in [1.54, 1.807) is 24.3 Å². The van der Waals surface area contributed by atoms with Crippen molar-refractivity contribution in [1.82, 2.24) is 4.90 Å². The largest absolute Gasteiger partial charge is 0.497 e. The number of hydrogen-bond donors (Lipinski definition) is 1. The number of carbonyl (C=O) groups excluding carboxylic acids is 1. The molecule has 4 nitrogen and oxygen atoms in total. The summed E-state index contributed by atoms with van der Waals surface area (Å²) in [4.78, 5) is 13.4. The van der Waals surface area contributed by atoms with Gasteiger partial charge in [0.15, 0.2) is 11.6 Å². The summed E-state index contributed by atoms with van der Waals surface area (Å²) in [5.74, 6) is -2.01. The van der Waals surface area contributed by atoms with Crippen molar-refractivity contribution in [1.29, 1.82) is 0 Å². The molecule has 1 atom stereocenters. The normalized spacial score (nSPS) is 11.9. The van der Waals surface area contributed by atoms with Crippen LogP contribution in [-0.2, 0) is 0 Å². The molecular weight excluding hydrogens is 304 g/mol. The molecule has 1 N–H and O–H groups in total. The Bertz CT molecular complexity index is 706. The van der Waals surface area contributed by atoms with Crippen molar-refractivity contribution in [3.63, 3.8) is 0 Å². The zero-order valence-electron chi connectivity index (χ0n) is 12.8. The fourth-order valence-electron chi connectivity index (χ4n) is 2.15. The van der Waals surface area contributed by atoms with Crippen molar-refractivity contribution in [2.24, 2.45) is 0 Å². The van der Waals surface area contributed by atoms with E-state index < -0.39 is 23.6 Å². The van der Waals surface area contributed by atoms with Gasteiger partial charge in [0.1, 0.15) is 5.75 Å². The van der Waals surface area contributed by atoms with Crippen LogP contribution < -0.4 is 4.74 Å². The molecule has 6 heteroatoms. The summed E-state index contributed by atoms with van der Waals surface area (Å²) in [6.45, 7) is 0.00496. The average molecular weight is 321 g/mol. The summed E-state index contributed by atoms with van der Waals surface area (Å²) < 4.78 is 31.2. The van der Waals surface area contributed by atoms with Crippen molar-refractivity contribution in [3.05, 3.63) is 65.2 Å². The minimum Gasteiger partial charge on any atom is -0.497 e. The molecule has 1 unspecified atom stereocenters. The molecule has 1 amide bonds. The maximum atomic E-state index is 13.2. The van der Waals surface area contributed by atoms with E-state index in [1.807, 2.05) is 0 Å². The molecule has 0 spiro atoms. The number of likely N-dealkylation sites (N-methyl/N-ethyl adjacent to an activating group) is 1. The van der Waals surface area contributed by atoms with E-state index in [0.717, 1.165) is 12.1 Å². The fraction of sp³-hybridized carbons (Fsp3) is 0.235. The van der Waals surface area contributed by atoms with Crippen LogP contribution >= 0.6 is 0 Å². The average Bonchev–Trinajstić information content (AvgIpc) is 2.56. The highest BCUT2D eigenvalue weighted by Gasteiger charge is 2.18. The van der Waals surface area contributed by atoms with Crippen LogP contribution in [0.2, 0.25) is 0 Å². The van der Waals surface area contributed by atoms with Gasteiger partial charge in [-0.15, -0.1) is 0 Å². The van der Waals surface area contributed by atoms with E-state index in [9.17, 15) is 18.7 Å². The number of aliphatic hydroxyl groups excluding tert-OH is 1. The van der Waals surface area contributed by atoms with Crippen LogP contribution in [0.25, 0.3) is 0 Å². The van der Waals surface area contributed by atoms with Gasteiger partial charge in [-0.25, -0.2) is 8.78 Å². The van der Waals surface area contributed by atoms with Gasteiger partial charge in [0.2, 0.25) is 0 Å². The predicted octanol–water partition coefficient (Wildman–Crippen LogP) is 2.78. The zero-order chi connectivity index (χ0) is 17.0. The molecule has 0 fully saturated rings. The highest BCUT2D eigenvalue weighted by atomic mass is 19.2. The maximum Gasteiger partial charge on any atom is 0.253 e. The molecule has 2 aromatic carbocycles. The minimum atomic E-state index is -1.09. The Morgan fingerprint density at radius 1 is 1.22 bits per heavy atom. The monoisotopic (exact) mass is 321 g/mol. The number of carbonyl (C=O) groups is 1. The standard InChI is InChI=1S/C17H17F2NO3/c1-20(17(22)12-6-7-14(18)15(19)9-12)10-16(21)11-4-3-5-13(8-11)23-2/h3-9,16,21H,10H2,1-2H3. The molecule has 0 heterocycles. The number of aliphatic hydroxyl groups is 1. The SMILES string of the molecule is COc1cccc(C(O)CN(C)C(=O)c2ccc(F)c(F)c2)c1. The number of benzene rings is 2. The summed E-state index contributed by atoms with van der Waals surface area (Å²) in [6.07, 6.45) is -0.927. The number of amides is 1. The van der Waals surface area contributed by atoms with Gasteiger partial charge in [0.25, 0.3) is 5.91 Å². The predicted molar refractivity (Wildman–Crippen MR) is 81.3 cm³/mol. The molecule has 0 bridgehead atoms. The Morgan fingerprint density at radius 2 is 1.96 bits per heavy atom. The summed E-state index contributed by atoms with van der Waals surface area (Å²) in [5.41, 5.74) is 0.610. The lowest BCUT2D eigenvalue weighted by Gasteiger charge is -2.21. The Labute approximate surface area is 132 Å². The fourth-order valence-corrected chi connectivity index (χ4v) is 2.15. The second-order valence-electron chi connectivity index (χ2n) is 5.11. The van der Waals surface area contributed by atoms with E-state index in [0.29, 0.717) is 11.3 Å². The molecule has 2 rings (SSSR count). The molecule has 2 aromatic rings. The van der Waals surface area contributed by atoms with Crippen molar-refractivity contribution < 1.29 is 23.4 Å². The van der Waals surface area contributed by atoms with E-state index in [-0.39, 0.29) is 12.1 Å². The van der Waals surface area contributed by atoms with Crippen molar-refractivity contribution in [2.45, 2.75) is 6.10 Å². The lowest BCUT2D eigenvalue weighted by molar-refractivity contribution is 0.0680. The topological polar surface area (TPSA) is 49.8 Å². The first kappa shape index (κ1) is 16.9. The lowest BCUT2D eigenvalue weighted by atomic mass is 10.1. The minimum absolute atomic E-state index is 0.00496. The molecule has 0 radical (unpaired) electrons. The van der Waals surface area contributed by atoms with Crippen molar-refractivity contribution in [2.75, 3.05) is 20.7 Å². The second kappa shape index (κ2) is 7.19. The molecule has 0 aliphatic carbocycles. The molecule has 0 saturated heterocycles. The first-order valence-electron chi connectivity index (χ1n) is 6.95. The number of ether oxygens (including phenoxy) is 1. The van der Waals surface area contributed by atoms with Gasteiger partial charge in [-0.2, -0.15) is 0 Å². The second-order valence-corrected chi connectivity index (χ2v) is 5.11. The van der Waals surface area contributed by atoms with Gasteiger partial charge in [0, 0.05) is 12.6 Å². The number of hydrogen-bond acceptors (Lipinski definition) is 3. The van der Waals surface area contributed by atoms with Gasteiger partial charge in [-0.05, 0) is 35.9 Å². The van der Waals surface area contributed by atoms with Crippen molar-refractivity contribution in [3.8, 4) is 5.75 Å². The molecular formula is C17H17F2NO3. The third kappa shape index (κ3) is 4.04. The number of nitrogens with zero attached hydrogens (tertiary/aromatic N) is 1. The number of methoxy groups -OCH3 is 1. The Morgan fingerprint density at radius 3 is 2.61 bits per heavy atom. The summed E-state index contributed by atoms with van der Waals surface area (Å²) in [6, 6.07) is 9.79. The Kier molecular flexibility index (Phi) is 5.28. The third-order valence-electron chi connectivity index (χ3n) is 3.44. The first-order valence-corrected chi connectivity index (χ1v) is 6.95. The van der Waals surface area contributed by atoms with Crippen LogP contribution in [-0.4, -0.2) is 36.6 Å². The van der Waals surface area contributed by atoms with Crippen LogP contribution in [0.15, 0.2) is 42.5 Å². The summed E-state index contributed by atoms with van der Waals surface area (Å²) in [5, 5.41) is 10.2. The molecule has 122 valence electrons. The zero-order valence-corrected chi connectivity index (χ0v) is 12.8. The van der Waals surface area contributed by atoms with E-state index in [4.69, 9.17) is 4.74 Å². The van der Waals surface area contributed by atoms with E-state index in [1.165, 1.54) is 25.1 Å². The Balaban J connectivity index is 2.09. The van der Waals surface area contributed by atoms with Gasteiger partial charge in [-0.1, -0.05) is 12.1 Å². The summed E-state index contributed by atoms with van der Waals surface area (Å²) in [7, 11) is 3.00. The van der Waals surface area contributed by atoms with Crippen LogP contribution in [0.5, 0.6) is 5.75 Å². The van der Waals surface area contributed by atoms with E-state index in [2.05, 4.69) is 0 Å². The lowest BCUT2D eigenvalue weighted by Crippen LogP contribution is -2.31. The van der Waals surface area contributed by atoms with Crippen LogP contribution in [0.3, 0.4) is 0 Å². The molecule has 0 aliphatic rings. The van der Waals surface area contributed by atoms with Gasteiger partial charge in [-0.3, -0.25) is 4.79 Å². The van der Waals surface area contributed by atoms with Crippen LogP contribution in [0, 0.1) is 11.6 Å². The van der Waals surface area contributed by atoms with Crippen molar-refractivity contribution >= 4 is 5.91 Å². The van der Waals surface area contributed by atoms with E-state index >= 15 is 0 Å².